The Labute approximate surface area is 169 Å². The van der Waals surface area contributed by atoms with Gasteiger partial charge in [-0.15, -0.1) is 0 Å². The van der Waals surface area contributed by atoms with E-state index in [0.29, 0.717) is 29.8 Å². The smallest absolute Gasteiger partial charge is 0.226 e. The predicted octanol–water partition coefficient (Wildman–Crippen LogP) is 4.28. The lowest BCUT2D eigenvalue weighted by Crippen LogP contribution is -2.26. The van der Waals surface area contributed by atoms with Crippen LogP contribution in [0.25, 0.3) is 17.0 Å². The quantitative estimate of drug-likeness (QED) is 0.535. The van der Waals surface area contributed by atoms with Gasteiger partial charge >= 0.3 is 0 Å². The summed E-state index contributed by atoms with van der Waals surface area (Å²) in [5, 5.41) is 2.92. The standard InChI is InChI=1S/C23H24N4O2/c1-15(2)17-7-9-18(10-8-17)23-26-20(16(3)29-23)12-22(28)25-14-21-24-13-19-6-4-5-11-27(19)21/h4-11,13,15H,12,14H2,1-3H3,(H,25,28). The van der Waals surface area contributed by atoms with Gasteiger partial charge in [0, 0.05) is 11.8 Å². The van der Waals surface area contributed by atoms with Gasteiger partial charge in [0.1, 0.15) is 11.6 Å². The first-order valence-electron chi connectivity index (χ1n) is 9.75. The zero-order chi connectivity index (χ0) is 20.4. The molecule has 3 aromatic heterocycles. The summed E-state index contributed by atoms with van der Waals surface area (Å²) < 4.78 is 7.76. The minimum atomic E-state index is -0.115. The third kappa shape index (κ3) is 4.06. The van der Waals surface area contributed by atoms with Gasteiger partial charge in [-0.3, -0.25) is 4.79 Å². The van der Waals surface area contributed by atoms with Crippen molar-refractivity contribution in [2.45, 2.75) is 39.7 Å². The third-order valence-electron chi connectivity index (χ3n) is 5.00. The van der Waals surface area contributed by atoms with Gasteiger partial charge in [-0.25, -0.2) is 9.97 Å². The number of aromatic nitrogens is 3. The number of nitrogens with zero attached hydrogens (tertiary/aromatic N) is 3. The van der Waals surface area contributed by atoms with Crippen molar-refractivity contribution in [2.24, 2.45) is 0 Å². The molecule has 6 heteroatoms. The number of nitrogens with one attached hydrogen (secondary N) is 1. The van der Waals surface area contributed by atoms with E-state index in [0.717, 1.165) is 16.9 Å². The highest BCUT2D eigenvalue weighted by atomic mass is 16.4. The van der Waals surface area contributed by atoms with Gasteiger partial charge in [-0.2, -0.15) is 0 Å². The van der Waals surface area contributed by atoms with E-state index in [4.69, 9.17) is 4.42 Å². The summed E-state index contributed by atoms with van der Waals surface area (Å²) in [7, 11) is 0. The van der Waals surface area contributed by atoms with E-state index in [1.54, 1.807) is 6.20 Å². The van der Waals surface area contributed by atoms with Crippen molar-refractivity contribution in [3.05, 3.63) is 77.7 Å². The molecule has 0 spiro atoms. The van der Waals surface area contributed by atoms with Crippen molar-refractivity contribution < 1.29 is 9.21 Å². The van der Waals surface area contributed by atoms with E-state index in [9.17, 15) is 4.79 Å². The Kier molecular flexibility index (Phi) is 5.16. The fourth-order valence-electron chi connectivity index (χ4n) is 3.25. The van der Waals surface area contributed by atoms with E-state index in [-0.39, 0.29) is 12.3 Å². The number of pyridine rings is 1. The summed E-state index contributed by atoms with van der Waals surface area (Å²) in [5.74, 6) is 2.35. The third-order valence-corrected chi connectivity index (χ3v) is 5.00. The van der Waals surface area contributed by atoms with Crippen LogP contribution in [0.3, 0.4) is 0 Å². The second-order valence-electron chi connectivity index (χ2n) is 7.42. The van der Waals surface area contributed by atoms with E-state index in [2.05, 4.69) is 41.3 Å². The summed E-state index contributed by atoms with van der Waals surface area (Å²) >= 11 is 0. The van der Waals surface area contributed by atoms with Crippen molar-refractivity contribution in [2.75, 3.05) is 0 Å². The summed E-state index contributed by atoms with van der Waals surface area (Å²) in [5.41, 5.74) is 3.83. The number of imidazole rings is 1. The Morgan fingerprint density at radius 2 is 1.97 bits per heavy atom. The fraction of sp³-hybridized carbons (Fsp3) is 0.261. The Balaban J connectivity index is 1.42. The topological polar surface area (TPSA) is 72.4 Å². The Morgan fingerprint density at radius 1 is 1.17 bits per heavy atom. The van der Waals surface area contributed by atoms with Gasteiger partial charge in [0.15, 0.2) is 0 Å². The molecule has 0 bridgehead atoms. The number of hydrogen-bond donors (Lipinski definition) is 1. The molecule has 1 aromatic carbocycles. The highest BCUT2D eigenvalue weighted by Gasteiger charge is 2.15. The Bertz CT molecular complexity index is 1140. The van der Waals surface area contributed by atoms with Crippen molar-refractivity contribution in [3.8, 4) is 11.5 Å². The van der Waals surface area contributed by atoms with E-state index in [1.807, 2.05) is 47.9 Å². The highest BCUT2D eigenvalue weighted by molar-refractivity contribution is 5.78. The summed E-state index contributed by atoms with van der Waals surface area (Å²) in [6.45, 7) is 6.52. The summed E-state index contributed by atoms with van der Waals surface area (Å²) in [4.78, 5) is 21.3. The minimum absolute atomic E-state index is 0.115. The Morgan fingerprint density at radius 3 is 2.72 bits per heavy atom. The van der Waals surface area contributed by atoms with Crippen LogP contribution in [0.5, 0.6) is 0 Å². The zero-order valence-corrected chi connectivity index (χ0v) is 16.8. The molecule has 0 atom stereocenters. The van der Waals surface area contributed by atoms with E-state index >= 15 is 0 Å². The van der Waals surface area contributed by atoms with Crippen LogP contribution < -0.4 is 5.32 Å². The van der Waals surface area contributed by atoms with Crippen LogP contribution in [0.1, 0.15) is 42.6 Å². The first-order chi connectivity index (χ1) is 14.0. The Hall–Kier alpha value is -3.41. The molecule has 1 amide bonds. The lowest BCUT2D eigenvalue weighted by molar-refractivity contribution is -0.120. The zero-order valence-electron chi connectivity index (χ0n) is 16.8. The first kappa shape index (κ1) is 18.9. The highest BCUT2D eigenvalue weighted by Crippen LogP contribution is 2.24. The summed E-state index contributed by atoms with van der Waals surface area (Å²) in [6, 6.07) is 14.1. The molecule has 0 aliphatic carbocycles. The van der Waals surface area contributed by atoms with Crippen LogP contribution in [-0.4, -0.2) is 20.3 Å². The second-order valence-corrected chi connectivity index (χ2v) is 7.42. The average molecular weight is 388 g/mol. The van der Waals surface area contributed by atoms with Gasteiger partial charge in [-0.1, -0.05) is 32.0 Å². The fourth-order valence-corrected chi connectivity index (χ4v) is 3.25. The van der Waals surface area contributed by atoms with Crippen LogP contribution in [0.15, 0.2) is 59.3 Å². The number of hydrogen-bond acceptors (Lipinski definition) is 4. The molecule has 4 aromatic rings. The maximum atomic E-state index is 12.4. The molecular weight excluding hydrogens is 364 g/mol. The van der Waals surface area contributed by atoms with Crippen LogP contribution in [0.4, 0.5) is 0 Å². The summed E-state index contributed by atoms with van der Waals surface area (Å²) in [6.07, 6.45) is 3.89. The van der Waals surface area contributed by atoms with Crippen molar-refractivity contribution in [1.82, 2.24) is 19.7 Å². The van der Waals surface area contributed by atoms with Crippen LogP contribution in [0, 0.1) is 6.92 Å². The minimum Gasteiger partial charge on any atom is -0.441 e. The van der Waals surface area contributed by atoms with Crippen molar-refractivity contribution in [1.29, 1.82) is 0 Å². The van der Waals surface area contributed by atoms with Gasteiger partial charge < -0.3 is 14.1 Å². The lowest BCUT2D eigenvalue weighted by atomic mass is 10.0. The molecule has 0 saturated carbocycles. The van der Waals surface area contributed by atoms with Gasteiger partial charge in [-0.05, 0) is 42.7 Å². The number of benzene rings is 1. The molecule has 3 heterocycles. The number of aryl methyl sites for hydroxylation is 1. The van der Waals surface area contributed by atoms with Crippen molar-refractivity contribution in [3.63, 3.8) is 0 Å². The predicted molar refractivity (Wildman–Crippen MR) is 112 cm³/mol. The number of carbonyl (C=O) groups is 1. The second kappa shape index (κ2) is 7.91. The molecule has 0 aliphatic heterocycles. The monoisotopic (exact) mass is 388 g/mol. The first-order valence-corrected chi connectivity index (χ1v) is 9.75. The number of fused-ring (bicyclic) bond motifs is 1. The number of rotatable bonds is 6. The van der Waals surface area contributed by atoms with E-state index in [1.165, 1.54) is 5.56 Å². The molecule has 148 valence electrons. The maximum Gasteiger partial charge on any atom is 0.226 e. The van der Waals surface area contributed by atoms with Gasteiger partial charge in [0.25, 0.3) is 0 Å². The molecule has 0 saturated heterocycles. The van der Waals surface area contributed by atoms with Crippen LogP contribution in [-0.2, 0) is 17.8 Å². The number of oxazole rings is 1. The molecule has 0 fully saturated rings. The molecule has 29 heavy (non-hydrogen) atoms. The molecule has 0 aliphatic rings. The molecule has 1 N–H and O–H groups in total. The molecule has 0 radical (unpaired) electrons. The average Bonchev–Trinajstić information content (AvgIpc) is 3.30. The largest absolute Gasteiger partial charge is 0.441 e. The van der Waals surface area contributed by atoms with Crippen LogP contribution >= 0.6 is 0 Å². The molecule has 6 nitrogen and oxygen atoms in total. The lowest BCUT2D eigenvalue weighted by Gasteiger charge is -2.05. The normalized spacial score (nSPS) is 11.3. The maximum absolute atomic E-state index is 12.4. The van der Waals surface area contributed by atoms with Gasteiger partial charge in [0.05, 0.1) is 30.4 Å². The molecule has 0 unspecified atom stereocenters. The molecular formula is C23H24N4O2. The molecule has 4 rings (SSSR count). The van der Waals surface area contributed by atoms with Crippen LogP contribution in [0.2, 0.25) is 0 Å². The van der Waals surface area contributed by atoms with Crippen molar-refractivity contribution >= 4 is 11.4 Å². The van der Waals surface area contributed by atoms with Gasteiger partial charge in [0.2, 0.25) is 11.8 Å². The SMILES string of the molecule is Cc1oc(-c2ccc(C(C)C)cc2)nc1CC(=O)NCc1ncc2ccccn12. The van der Waals surface area contributed by atoms with E-state index < -0.39 is 0 Å². The number of carbonyl (C=O) groups excluding carboxylic acids is 1. The number of amides is 1.